The van der Waals surface area contributed by atoms with Gasteiger partial charge < -0.3 is 20.3 Å². The number of hydrogen-bond donors (Lipinski definition) is 1. The molecule has 3 aliphatic rings. The number of carbonyl (C=O) groups excluding carboxylic acids is 2. The Hall–Kier alpha value is -3.27. The summed E-state index contributed by atoms with van der Waals surface area (Å²) in [5.41, 5.74) is 10.1. The maximum absolute atomic E-state index is 12.3. The van der Waals surface area contributed by atoms with Crippen LogP contribution in [0.25, 0.3) is 0 Å². The van der Waals surface area contributed by atoms with E-state index in [1.54, 1.807) is 6.92 Å². The lowest BCUT2D eigenvalue weighted by atomic mass is 9.77. The molecule has 3 aliphatic heterocycles. The first-order valence-electron chi connectivity index (χ1n) is 13.8. The van der Waals surface area contributed by atoms with E-state index in [1.807, 2.05) is 29.2 Å². The summed E-state index contributed by atoms with van der Waals surface area (Å²) in [6.45, 7) is 8.80. The van der Waals surface area contributed by atoms with Crippen molar-refractivity contribution in [3.8, 4) is 0 Å². The van der Waals surface area contributed by atoms with Crippen LogP contribution in [0.2, 0.25) is 5.02 Å². The summed E-state index contributed by atoms with van der Waals surface area (Å²) in [5.74, 6) is -0.486. The van der Waals surface area contributed by atoms with Crippen LogP contribution in [-0.2, 0) is 19.9 Å². The molecule has 9 nitrogen and oxygen atoms in total. The number of carbonyl (C=O) groups is 2. The Morgan fingerprint density at radius 2 is 1.80 bits per heavy atom. The van der Waals surface area contributed by atoms with E-state index in [-0.39, 0.29) is 18.6 Å². The number of ether oxygens (including phenoxy) is 1. The summed E-state index contributed by atoms with van der Waals surface area (Å²) in [7, 11) is 0. The van der Waals surface area contributed by atoms with E-state index in [2.05, 4.69) is 46.1 Å². The number of aryl methyl sites for hydroxylation is 1. The lowest BCUT2D eigenvalue weighted by Crippen LogP contribution is -2.50. The summed E-state index contributed by atoms with van der Waals surface area (Å²) in [6, 6.07) is 16.1. The van der Waals surface area contributed by atoms with Crippen molar-refractivity contribution in [1.82, 2.24) is 9.80 Å². The van der Waals surface area contributed by atoms with Crippen LogP contribution in [0.4, 0.5) is 5.69 Å². The number of nitrogens with zero attached hydrogens (tertiary/aromatic N) is 5. The topological polar surface area (TPSA) is 104 Å². The molecule has 1 fully saturated rings. The van der Waals surface area contributed by atoms with E-state index in [1.165, 1.54) is 11.3 Å². The Kier molecular flexibility index (Phi) is 8.54. The van der Waals surface area contributed by atoms with Gasteiger partial charge in [-0.15, -0.1) is 0 Å². The van der Waals surface area contributed by atoms with Crippen molar-refractivity contribution < 1.29 is 14.3 Å². The number of halogens is 1. The smallest absolute Gasteiger partial charge is 0.243 e. The Morgan fingerprint density at radius 1 is 1.07 bits per heavy atom. The molecule has 0 saturated carbocycles. The molecule has 212 valence electrons. The van der Waals surface area contributed by atoms with Gasteiger partial charge in [-0.25, -0.2) is 0 Å². The van der Waals surface area contributed by atoms with Crippen molar-refractivity contribution in [2.45, 2.75) is 38.3 Å². The Balaban J connectivity index is 1.39. The number of para-hydroxylation sites is 1. The van der Waals surface area contributed by atoms with Gasteiger partial charge in [0.2, 0.25) is 11.8 Å². The summed E-state index contributed by atoms with van der Waals surface area (Å²) in [6.07, 6.45) is 0.779. The third kappa shape index (κ3) is 6.06. The molecule has 5 rings (SSSR count). The Morgan fingerprint density at radius 3 is 2.48 bits per heavy atom. The quantitative estimate of drug-likeness (QED) is 0.497. The van der Waals surface area contributed by atoms with Gasteiger partial charge in [0.1, 0.15) is 12.1 Å². The molecule has 0 aliphatic carbocycles. The Bertz CT molecular complexity index is 1300. The van der Waals surface area contributed by atoms with Gasteiger partial charge >= 0.3 is 0 Å². The molecule has 2 N–H and O–H groups in total. The highest BCUT2D eigenvalue weighted by atomic mass is 35.5. The van der Waals surface area contributed by atoms with Gasteiger partial charge in [-0.3, -0.25) is 14.5 Å². The lowest BCUT2D eigenvalue weighted by Gasteiger charge is -2.40. The first kappa shape index (κ1) is 28.3. The molecular weight excluding hydrogens is 528 g/mol. The van der Waals surface area contributed by atoms with Crippen LogP contribution in [0.3, 0.4) is 0 Å². The summed E-state index contributed by atoms with van der Waals surface area (Å²) >= 11 is 6.25. The van der Waals surface area contributed by atoms with Gasteiger partial charge in [-0.1, -0.05) is 41.9 Å². The van der Waals surface area contributed by atoms with E-state index in [9.17, 15) is 9.59 Å². The van der Waals surface area contributed by atoms with Gasteiger partial charge in [-0.2, -0.15) is 10.2 Å². The molecule has 0 bridgehead atoms. The highest BCUT2D eigenvalue weighted by molar-refractivity contribution is 6.30. The summed E-state index contributed by atoms with van der Waals surface area (Å²) < 4.78 is 6.16. The minimum absolute atomic E-state index is 0.0245. The van der Waals surface area contributed by atoms with Gasteiger partial charge in [-0.05, 0) is 36.2 Å². The highest BCUT2D eigenvalue weighted by Crippen LogP contribution is 2.47. The molecule has 0 spiro atoms. The van der Waals surface area contributed by atoms with Gasteiger partial charge in [0, 0.05) is 81.9 Å². The number of rotatable bonds is 9. The lowest BCUT2D eigenvalue weighted by molar-refractivity contribution is -0.129. The maximum atomic E-state index is 12.3. The molecule has 2 unspecified atom stereocenters. The molecule has 10 heteroatoms. The van der Waals surface area contributed by atoms with E-state index >= 15 is 0 Å². The minimum atomic E-state index is -0.820. The summed E-state index contributed by atoms with van der Waals surface area (Å²) in [5, 5.41) is 10.1. The van der Waals surface area contributed by atoms with Crippen molar-refractivity contribution >= 4 is 29.1 Å². The van der Waals surface area contributed by atoms with Crippen LogP contribution in [0, 0.1) is 6.92 Å². The monoisotopic (exact) mass is 564 g/mol. The number of anilines is 1. The number of piperazine rings is 1. The van der Waals surface area contributed by atoms with Crippen LogP contribution in [0.1, 0.15) is 30.9 Å². The van der Waals surface area contributed by atoms with Gasteiger partial charge in [0.25, 0.3) is 0 Å². The molecule has 2 aromatic rings. The fourth-order valence-corrected chi connectivity index (χ4v) is 6.16. The zero-order chi connectivity index (χ0) is 28.3. The zero-order valence-corrected chi connectivity index (χ0v) is 23.9. The van der Waals surface area contributed by atoms with Crippen LogP contribution < -0.4 is 10.6 Å². The second-order valence-corrected chi connectivity index (χ2v) is 11.3. The molecule has 2 atom stereocenters. The zero-order valence-electron chi connectivity index (χ0n) is 23.2. The van der Waals surface area contributed by atoms with Crippen molar-refractivity contribution in [1.29, 1.82) is 0 Å². The SMILES string of the molecule is CC(=O)N1CCC2=C(C1)C(CC(CN1CCN(c3ccccc3C)CC1)OCC(N)=O)(c1ccc(Cl)cc1)N=N2. The molecular formula is C30H37ClN6O3. The predicted octanol–water partition coefficient (Wildman–Crippen LogP) is 3.90. The normalized spacial score (nSPS) is 22.0. The fraction of sp³-hybridized carbons (Fsp3) is 0.467. The molecule has 2 amide bonds. The number of azo groups is 1. The number of nitrogens with two attached hydrogens (primary N) is 1. The molecule has 1 saturated heterocycles. The van der Waals surface area contributed by atoms with Gasteiger partial charge in [0.15, 0.2) is 0 Å². The van der Waals surface area contributed by atoms with Crippen molar-refractivity contribution in [3.05, 3.63) is 76.0 Å². The van der Waals surface area contributed by atoms with Crippen molar-refractivity contribution in [2.75, 3.05) is 57.3 Å². The van der Waals surface area contributed by atoms with E-state index < -0.39 is 11.4 Å². The molecule has 0 radical (unpaired) electrons. The first-order valence-corrected chi connectivity index (χ1v) is 14.2. The first-order chi connectivity index (χ1) is 19.2. The van der Waals surface area contributed by atoms with Crippen LogP contribution in [-0.4, -0.2) is 80.1 Å². The third-order valence-corrected chi connectivity index (χ3v) is 8.45. The van der Waals surface area contributed by atoms with Crippen LogP contribution in [0.5, 0.6) is 0 Å². The maximum Gasteiger partial charge on any atom is 0.243 e. The van der Waals surface area contributed by atoms with E-state index in [0.717, 1.165) is 43.0 Å². The fourth-order valence-electron chi connectivity index (χ4n) is 6.03. The van der Waals surface area contributed by atoms with Crippen LogP contribution in [0.15, 0.2) is 70.0 Å². The van der Waals surface area contributed by atoms with Crippen LogP contribution >= 0.6 is 11.6 Å². The van der Waals surface area contributed by atoms with Crippen molar-refractivity contribution in [2.24, 2.45) is 16.0 Å². The number of amides is 2. The number of benzene rings is 2. The van der Waals surface area contributed by atoms with Gasteiger partial charge in [0.05, 0.1) is 11.8 Å². The van der Waals surface area contributed by atoms with Crippen molar-refractivity contribution in [3.63, 3.8) is 0 Å². The minimum Gasteiger partial charge on any atom is -0.369 e. The van der Waals surface area contributed by atoms with E-state index in [0.29, 0.717) is 37.5 Å². The molecule has 0 aromatic heterocycles. The number of hydrogen-bond acceptors (Lipinski definition) is 7. The highest BCUT2D eigenvalue weighted by Gasteiger charge is 2.46. The second-order valence-electron chi connectivity index (χ2n) is 10.9. The summed E-state index contributed by atoms with van der Waals surface area (Å²) in [4.78, 5) is 30.7. The predicted molar refractivity (Wildman–Crippen MR) is 155 cm³/mol. The largest absolute Gasteiger partial charge is 0.369 e. The second kappa shape index (κ2) is 12.1. The molecule has 2 aromatic carbocycles. The Labute approximate surface area is 240 Å². The molecule has 3 heterocycles. The average Bonchev–Trinajstić information content (AvgIpc) is 3.31. The standard InChI is InChI=1S/C30H37ClN6O3/c1-21-5-3-4-6-28(21)36-15-13-35(14-16-36)18-25(40-20-29(32)39)17-30(23-7-9-24(31)10-8-23)26-19-37(22(2)38)12-11-27(26)33-34-30/h3-10,25H,11-20H2,1-2H3,(H2,32,39). The molecule has 40 heavy (non-hydrogen) atoms. The van der Waals surface area contributed by atoms with E-state index in [4.69, 9.17) is 27.2 Å². The number of primary amides is 1. The third-order valence-electron chi connectivity index (χ3n) is 8.20. The average molecular weight is 565 g/mol.